The molecule has 39 heavy (non-hydrogen) atoms. The van der Waals surface area contributed by atoms with Crippen LogP contribution >= 0.6 is 0 Å². The summed E-state index contributed by atoms with van der Waals surface area (Å²) in [5.41, 5.74) is 3.10. The number of nitrogens with one attached hydrogen (secondary N) is 2. The number of phenolic OH excluding ortho intramolecular Hbond substituents is 1. The number of rotatable bonds is 13. The summed E-state index contributed by atoms with van der Waals surface area (Å²) >= 11 is 0. The van der Waals surface area contributed by atoms with Gasteiger partial charge in [-0.25, -0.2) is 4.39 Å². The van der Waals surface area contributed by atoms with E-state index < -0.39 is 0 Å². The first-order chi connectivity index (χ1) is 18.9. The van der Waals surface area contributed by atoms with Crippen LogP contribution < -0.4 is 15.4 Å². The highest BCUT2D eigenvalue weighted by Gasteiger charge is 2.25. The normalized spacial score (nSPS) is 15.4. The number of fused-ring (bicyclic) bond motifs is 1. The van der Waals surface area contributed by atoms with Gasteiger partial charge < -0.3 is 25.4 Å². The number of amides is 2. The molecule has 0 saturated heterocycles. The highest BCUT2D eigenvalue weighted by atomic mass is 19.1. The molecule has 0 spiro atoms. The van der Waals surface area contributed by atoms with Crippen LogP contribution in [0.5, 0.6) is 11.5 Å². The zero-order valence-electron chi connectivity index (χ0n) is 23.1. The van der Waals surface area contributed by atoms with Gasteiger partial charge in [-0.15, -0.1) is 0 Å². The van der Waals surface area contributed by atoms with E-state index in [-0.39, 0.29) is 30.0 Å². The molecule has 2 aliphatic rings. The van der Waals surface area contributed by atoms with Crippen molar-refractivity contribution in [2.75, 3.05) is 31.6 Å². The molecule has 0 aromatic heterocycles. The van der Waals surface area contributed by atoms with Crippen molar-refractivity contribution in [2.45, 2.75) is 83.6 Å². The van der Waals surface area contributed by atoms with E-state index in [9.17, 15) is 19.1 Å². The molecule has 1 fully saturated rings. The molecule has 1 heterocycles. The number of aryl methyl sites for hydroxylation is 2. The average Bonchev–Trinajstić information content (AvgIpc) is 2.94. The Bertz CT molecular complexity index is 1130. The molecular weight excluding hydrogens is 497 g/mol. The van der Waals surface area contributed by atoms with Crippen molar-refractivity contribution in [1.82, 2.24) is 10.2 Å². The lowest BCUT2D eigenvalue weighted by molar-refractivity contribution is -0.134. The van der Waals surface area contributed by atoms with Crippen molar-refractivity contribution < 1.29 is 23.8 Å². The first-order valence-corrected chi connectivity index (χ1v) is 14.4. The molecule has 0 radical (unpaired) electrons. The Labute approximate surface area is 231 Å². The van der Waals surface area contributed by atoms with Crippen LogP contribution in [0, 0.1) is 12.7 Å². The van der Waals surface area contributed by atoms with E-state index in [0.29, 0.717) is 36.0 Å². The third-order valence-corrected chi connectivity index (χ3v) is 7.84. The minimum Gasteiger partial charge on any atom is -0.506 e. The summed E-state index contributed by atoms with van der Waals surface area (Å²) in [5, 5.41) is 16.1. The number of phenols is 1. The molecule has 1 aliphatic heterocycles. The maximum Gasteiger partial charge on any atom is 0.262 e. The summed E-state index contributed by atoms with van der Waals surface area (Å²) in [6.07, 6.45) is 10.7. The van der Waals surface area contributed by atoms with Crippen LogP contribution in [0.1, 0.15) is 74.5 Å². The third kappa shape index (κ3) is 8.18. The van der Waals surface area contributed by atoms with Gasteiger partial charge >= 0.3 is 0 Å². The number of halogens is 1. The molecule has 1 saturated carbocycles. The van der Waals surface area contributed by atoms with Crippen LogP contribution in [0.2, 0.25) is 0 Å². The number of ether oxygens (including phenoxy) is 1. The van der Waals surface area contributed by atoms with Crippen LogP contribution in [0.15, 0.2) is 30.3 Å². The molecule has 2 aromatic rings. The van der Waals surface area contributed by atoms with Crippen LogP contribution in [-0.2, 0) is 22.4 Å². The van der Waals surface area contributed by atoms with Gasteiger partial charge in [-0.3, -0.25) is 9.59 Å². The number of hydrogen-bond acceptors (Lipinski definition) is 5. The summed E-state index contributed by atoms with van der Waals surface area (Å²) < 4.78 is 19.1. The SMILES string of the molecule is Cc1cc(CCNCCC(=O)N(CCCCCc2ccc(O)c3c2OCC(=O)N3)C2CCCCC2)ccc1F. The molecule has 8 heteroatoms. The molecule has 2 amide bonds. The lowest BCUT2D eigenvalue weighted by Gasteiger charge is -2.34. The highest BCUT2D eigenvalue weighted by Crippen LogP contribution is 2.39. The van der Waals surface area contributed by atoms with Crippen LogP contribution in [0.25, 0.3) is 0 Å². The van der Waals surface area contributed by atoms with Gasteiger partial charge in [0.2, 0.25) is 5.91 Å². The lowest BCUT2D eigenvalue weighted by atomic mass is 9.93. The molecule has 7 nitrogen and oxygen atoms in total. The summed E-state index contributed by atoms with van der Waals surface area (Å²) in [4.78, 5) is 27.0. The summed E-state index contributed by atoms with van der Waals surface area (Å²) in [5.74, 6) is 0.367. The molecule has 1 aliphatic carbocycles. The molecule has 0 atom stereocenters. The molecule has 0 unspecified atom stereocenters. The predicted octanol–water partition coefficient (Wildman–Crippen LogP) is 5.27. The van der Waals surface area contributed by atoms with Crippen molar-refractivity contribution in [3.8, 4) is 11.5 Å². The number of anilines is 1. The van der Waals surface area contributed by atoms with Gasteiger partial charge in [0, 0.05) is 25.6 Å². The smallest absolute Gasteiger partial charge is 0.262 e. The van der Waals surface area contributed by atoms with Crippen LogP contribution in [0.4, 0.5) is 10.1 Å². The number of benzene rings is 2. The fraction of sp³-hybridized carbons (Fsp3) is 0.548. The number of unbranched alkanes of at least 4 members (excludes halogenated alkanes) is 2. The van der Waals surface area contributed by atoms with E-state index in [2.05, 4.69) is 15.5 Å². The van der Waals surface area contributed by atoms with Gasteiger partial charge in [-0.05, 0) is 80.8 Å². The zero-order valence-corrected chi connectivity index (χ0v) is 23.1. The number of aromatic hydroxyl groups is 1. The molecule has 212 valence electrons. The first-order valence-electron chi connectivity index (χ1n) is 14.4. The second-order valence-electron chi connectivity index (χ2n) is 10.8. The monoisotopic (exact) mass is 539 g/mol. The second kappa shape index (κ2) is 14.3. The minimum absolute atomic E-state index is 0.0171. The van der Waals surface area contributed by atoms with Gasteiger partial charge in [0.05, 0.1) is 0 Å². The van der Waals surface area contributed by atoms with Crippen LogP contribution in [-0.4, -0.2) is 54.1 Å². The Balaban J connectivity index is 1.21. The molecule has 2 aromatic carbocycles. The highest BCUT2D eigenvalue weighted by molar-refractivity contribution is 5.97. The molecule has 4 rings (SSSR count). The van der Waals surface area contributed by atoms with E-state index in [1.807, 2.05) is 18.2 Å². The fourth-order valence-corrected chi connectivity index (χ4v) is 5.65. The van der Waals surface area contributed by atoms with Gasteiger partial charge in [0.15, 0.2) is 12.4 Å². The summed E-state index contributed by atoms with van der Waals surface area (Å²) in [6.45, 7) is 3.92. The summed E-state index contributed by atoms with van der Waals surface area (Å²) in [6, 6.07) is 9.02. The van der Waals surface area contributed by atoms with Gasteiger partial charge in [-0.1, -0.05) is 43.9 Å². The Hall–Kier alpha value is -3.13. The average molecular weight is 540 g/mol. The van der Waals surface area contributed by atoms with Gasteiger partial charge in [0.1, 0.15) is 17.3 Å². The molecule has 0 bridgehead atoms. The van der Waals surface area contributed by atoms with Gasteiger partial charge in [-0.2, -0.15) is 0 Å². The predicted molar refractivity (Wildman–Crippen MR) is 151 cm³/mol. The van der Waals surface area contributed by atoms with Crippen molar-refractivity contribution in [3.05, 3.63) is 52.8 Å². The number of carbonyl (C=O) groups is 2. The van der Waals surface area contributed by atoms with Crippen molar-refractivity contribution in [1.29, 1.82) is 0 Å². The second-order valence-corrected chi connectivity index (χ2v) is 10.8. The fourth-order valence-electron chi connectivity index (χ4n) is 5.65. The summed E-state index contributed by atoms with van der Waals surface area (Å²) in [7, 11) is 0. The van der Waals surface area contributed by atoms with E-state index >= 15 is 0 Å². The number of hydrogen-bond donors (Lipinski definition) is 3. The maximum atomic E-state index is 13.5. The Kier molecular flexibility index (Phi) is 10.6. The Morgan fingerprint density at radius 1 is 1.10 bits per heavy atom. The maximum absolute atomic E-state index is 13.5. The topological polar surface area (TPSA) is 90.9 Å². The third-order valence-electron chi connectivity index (χ3n) is 7.84. The largest absolute Gasteiger partial charge is 0.506 e. The standard InChI is InChI=1S/C31H42FN3O4/c1-22-20-23(11-13-26(22)32)15-17-33-18-16-29(38)35(25-9-5-2-6-10-25)19-7-3-4-8-24-12-14-27(36)30-31(24)39-21-28(37)34-30/h11-14,20,25,33,36H,2-10,15-19,21H2,1H3,(H,34,37). The quantitative estimate of drug-likeness (QED) is 0.238. The van der Waals surface area contributed by atoms with Crippen molar-refractivity contribution in [3.63, 3.8) is 0 Å². The minimum atomic E-state index is -0.263. The Morgan fingerprint density at radius 3 is 2.72 bits per heavy atom. The molecule has 3 N–H and O–H groups in total. The Morgan fingerprint density at radius 2 is 1.92 bits per heavy atom. The lowest BCUT2D eigenvalue weighted by Crippen LogP contribution is -2.43. The zero-order chi connectivity index (χ0) is 27.6. The van der Waals surface area contributed by atoms with E-state index in [0.717, 1.165) is 69.2 Å². The number of nitrogens with zero attached hydrogens (tertiary/aromatic N) is 1. The first kappa shape index (κ1) is 28.9. The van der Waals surface area contributed by atoms with Crippen LogP contribution in [0.3, 0.4) is 0 Å². The molecular formula is C31H42FN3O4. The van der Waals surface area contributed by atoms with E-state index in [1.54, 1.807) is 13.0 Å². The van der Waals surface area contributed by atoms with E-state index in [1.165, 1.54) is 25.3 Å². The van der Waals surface area contributed by atoms with Crippen molar-refractivity contribution in [2.24, 2.45) is 0 Å². The van der Waals surface area contributed by atoms with Crippen molar-refractivity contribution >= 4 is 17.5 Å². The number of carbonyl (C=O) groups excluding carboxylic acids is 2. The van der Waals surface area contributed by atoms with E-state index in [4.69, 9.17) is 4.74 Å². The van der Waals surface area contributed by atoms with Gasteiger partial charge in [0.25, 0.3) is 5.91 Å².